The first-order valence-electron chi connectivity index (χ1n) is 9.33. The minimum atomic E-state index is -0.779. The third-order valence-corrected chi connectivity index (χ3v) is 5.73. The Kier molecular flexibility index (Phi) is 5.91. The van der Waals surface area contributed by atoms with E-state index in [-0.39, 0.29) is 29.7 Å². The molecule has 2 fully saturated rings. The quantitative estimate of drug-likeness (QED) is 0.873. The van der Waals surface area contributed by atoms with Gasteiger partial charge in [0, 0.05) is 26.1 Å². The van der Waals surface area contributed by atoms with Gasteiger partial charge in [0.2, 0.25) is 5.91 Å². The summed E-state index contributed by atoms with van der Waals surface area (Å²) in [7, 11) is 0. The summed E-state index contributed by atoms with van der Waals surface area (Å²) in [4.78, 5) is 25.8. The van der Waals surface area contributed by atoms with Crippen molar-refractivity contribution in [2.45, 2.75) is 44.6 Å². The second-order valence-corrected chi connectivity index (χ2v) is 7.44. The zero-order valence-corrected chi connectivity index (χ0v) is 15.1. The molecule has 2 aliphatic heterocycles. The lowest BCUT2D eigenvalue weighted by Gasteiger charge is -2.36. The third-order valence-electron chi connectivity index (χ3n) is 5.73. The number of halogens is 1. The zero-order chi connectivity index (χ0) is 18.7. The van der Waals surface area contributed by atoms with Crippen LogP contribution in [0.1, 0.15) is 44.1 Å². The van der Waals surface area contributed by atoms with Crippen LogP contribution in [-0.4, -0.2) is 47.7 Å². The summed E-state index contributed by atoms with van der Waals surface area (Å²) in [6.45, 7) is 3.77. The molecule has 26 heavy (non-hydrogen) atoms. The molecule has 1 aromatic rings. The highest BCUT2D eigenvalue weighted by Gasteiger charge is 2.40. The zero-order valence-electron chi connectivity index (χ0n) is 15.1. The molecule has 1 aromatic carbocycles. The Labute approximate surface area is 153 Å². The molecule has 2 saturated heterocycles. The van der Waals surface area contributed by atoms with Gasteiger partial charge in [-0.2, -0.15) is 0 Å². The van der Waals surface area contributed by atoms with Gasteiger partial charge in [-0.15, -0.1) is 0 Å². The predicted molar refractivity (Wildman–Crippen MR) is 94.2 cm³/mol. The lowest BCUT2D eigenvalue weighted by atomic mass is 9.84. The van der Waals surface area contributed by atoms with E-state index in [1.54, 1.807) is 12.1 Å². The Balaban J connectivity index is 1.50. The maximum absolute atomic E-state index is 13.0. The number of hydrogen-bond acceptors (Lipinski definition) is 3. The molecule has 0 bridgehead atoms. The minimum absolute atomic E-state index is 0.0374. The summed E-state index contributed by atoms with van der Waals surface area (Å²) in [6.07, 6.45) is 2.32. The highest BCUT2D eigenvalue weighted by Crippen LogP contribution is 2.33. The van der Waals surface area contributed by atoms with Crippen LogP contribution in [0, 0.1) is 17.7 Å². The Hall–Kier alpha value is -1.95. The van der Waals surface area contributed by atoms with Crippen LogP contribution in [0.25, 0.3) is 0 Å². The van der Waals surface area contributed by atoms with Crippen molar-refractivity contribution >= 4 is 11.9 Å². The molecule has 1 N–H and O–H groups in total. The Bertz CT molecular complexity index is 640. The predicted octanol–water partition coefficient (Wildman–Crippen LogP) is 3.05. The number of amides is 1. The van der Waals surface area contributed by atoms with Crippen molar-refractivity contribution in [1.82, 2.24) is 4.90 Å². The Morgan fingerprint density at radius 1 is 1.23 bits per heavy atom. The highest BCUT2D eigenvalue weighted by molar-refractivity contribution is 5.77. The molecule has 3 atom stereocenters. The van der Waals surface area contributed by atoms with Crippen molar-refractivity contribution in [3.63, 3.8) is 0 Å². The van der Waals surface area contributed by atoms with E-state index >= 15 is 0 Å². The third kappa shape index (κ3) is 4.23. The number of carbonyl (C=O) groups excluding carboxylic acids is 1. The molecule has 6 heteroatoms. The second-order valence-electron chi connectivity index (χ2n) is 7.44. The van der Waals surface area contributed by atoms with E-state index < -0.39 is 11.9 Å². The van der Waals surface area contributed by atoms with E-state index in [2.05, 4.69) is 0 Å². The van der Waals surface area contributed by atoms with Crippen molar-refractivity contribution in [2.75, 3.05) is 19.7 Å². The molecule has 142 valence electrons. The average Bonchev–Trinajstić information content (AvgIpc) is 3.12. The van der Waals surface area contributed by atoms with Crippen LogP contribution < -0.4 is 0 Å². The van der Waals surface area contributed by atoms with Crippen molar-refractivity contribution in [3.05, 3.63) is 35.6 Å². The number of hydrogen-bond donors (Lipinski definition) is 1. The van der Waals surface area contributed by atoms with E-state index in [4.69, 9.17) is 4.74 Å². The van der Waals surface area contributed by atoms with Crippen LogP contribution in [0.5, 0.6) is 0 Å². The molecule has 0 aromatic heterocycles. The smallest absolute Gasteiger partial charge is 0.309 e. The maximum atomic E-state index is 13.0. The molecule has 0 spiro atoms. The number of benzene rings is 1. The lowest BCUT2D eigenvalue weighted by molar-refractivity contribution is -0.146. The van der Waals surface area contributed by atoms with Crippen molar-refractivity contribution < 1.29 is 23.8 Å². The van der Waals surface area contributed by atoms with E-state index in [1.165, 1.54) is 12.1 Å². The van der Waals surface area contributed by atoms with Gasteiger partial charge in [-0.3, -0.25) is 9.59 Å². The van der Waals surface area contributed by atoms with E-state index in [0.29, 0.717) is 32.5 Å². The largest absolute Gasteiger partial charge is 0.481 e. The molecule has 2 heterocycles. The molecular weight excluding hydrogens is 337 g/mol. The van der Waals surface area contributed by atoms with Crippen molar-refractivity contribution in [1.29, 1.82) is 0 Å². The molecule has 1 amide bonds. The van der Waals surface area contributed by atoms with E-state index in [0.717, 1.165) is 18.4 Å². The van der Waals surface area contributed by atoms with Crippen LogP contribution in [0.15, 0.2) is 24.3 Å². The first-order valence-corrected chi connectivity index (χ1v) is 9.33. The van der Waals surface area contributed by atoms with Gasteiger partial charge in [-0.1, -0.05) is 19.1 Å². The molecule has 0 aliphatic carbocycles. The fraction of sp³-hybridized carbons (Fsp3) is 0.600. The Morgan fingerprint density at radius 2 is 1.88 bits per heavy atom. The van der Waals surface area contributed by atoms with Gasteiger partial charge in [0.25, 0.3) is 0 Å². The molecule has 2 aliphatic rings. The SMILES string of the molecule is CC(CC(=O)N1CCC([C@@H]2OCCC2C(=O)O)CC1)c1ccc(F)cc1. The van der Waals surface area contributed by atoms with Gasteiger partial charge >= 0.3 is 5.97 Å². The second kappa shape index (κ2) is 8.16. The molecule has 0 saturated carbocycles. The fourth-order valence-corrected chi connectivity index (χ4v) is 4.12. The monoisotopic (exact) mass is 363 g/mol. The number of carbonyl (C=O) groups is 2. The van der Waals surface area contributed by atoms with Gasteiger partial charge in [0.1, 0.15) is 5.82 Å². The number of carboxylic acids is 1. The molecule has 3 rings (SSSR count). The van der Waals surface area contributed by atoms with Gasteiger partial charge in [-0.05, 0) is 48.8 Å². The van der Waals surface area contributed by atoms with Crippen LogP contribution in [0.4, 0.5) is 4.39 Å². The summed E-state index contributed by atoms with van der Waals surface area (Å²) in [5, 5.41) is 9.31. The summed E-state index contributed by atoms with van der Waals surface area (Å²) >= 11 is 0. The van der Waals surface area contributed by atoms with E-state index in [1.807, 2.05) is 11.8 Å². The summed E-state index contributed by atoms with van der Waals surface area (Å²) < 4.78 is 18.7. The number of rotatable bonds is 5. The van der Waals surface area contributed by atoms with Gasteiger partial charge in [-0.25, -0.2) is 4.39 Å². The number of nitrogens with zero attached hydrogens (tertiary/aromatic N) is 1. The van der Waals surface area contributed by atoms with Crippen LogP contribution in [0.3, 0.4) is 0 Å². The highest BCUT2D eigenvalue weighted by atomic mass is 19.1. The van der Waals surface area contributed by atoms with Gasteiger partial charge < -0.3 is 14.7 Å². The molecule has 2 unspecified atom stereocenters. The first kappa shape index (κ1) is 18.8. The summed E-state index contributed by atoms with van der Waals surface area (Å²) in [6, 6.07) is 6.29. The fourth-order valence-electron chi connectivity index (χ4n) is 4.12. The van der Waals surface area contributed by atoms with Gasteiger partial charge in [0.15, 0.2) is 0 Å². The standard InChI is InChI=1S/C20H26FNO4/c1-13(14-2-4-16(21)5-3-14)12-18(23)22-9-6-15(7-10-22)19-17(20(24)25)8-11-26-19/h2-5,13,15,17,19H,6-12H2,1H3,(H,24,25)/t13?,17?,19-/m0/s1. The van der Waals surface area contributed by atoms with Crippen molar-refractivity contribution in [2.24, 2.45) is 11.8 Å². The average molecular weight is 363 g/mol. The summed E-state index contributed by atoms with van der Waals surface area (Å²) in [5.41, 5.74) is 0.957. The molecular formula is C20H26FNO4. The van der Waals surface area contributed by atoms with Crippen LogP contribution in [0.2, 0.25) is 0 Å². The van der Waals surface area contributed by atoms with Crippen LogP contribution in [-0.2, 0) is 14.3 Å². The van der Waals surface area contributed by atoms with Crippen LogP contribution >= 0.6 is 0 Å². The number of carboxylic acid groups (broad SMARTS) is 1. The van der Waals surface area contributed by atoms with E-state index in [9.17, 15) is 19.1 Å². The maximum Gasteiger partial charge on any atom is 0.309 e. The number of ether oxygens (including phenoxy) is 1. The number of aliphatic carboxylic acids is 1. The number of likely N-dealkylation sites (tertiary alicyclic amines) is 1. The Morgan fingerprint density at radius 3 is 2.50 bits per heavy atom. The summed E-state index contributed by atoms with van der Waals surface area (Å²) in [5.74, 6) is -1.13. The lowest BCUT2D eigenvalue weighted by Crippen LogP contribution is -2.43. The first-order chi connectivity index (χ1) is 12.5. The van der Waals surface area contributed by atoms with Gasteiger partial charge in [0.05, 0.1) is 12.0 Å². The molecule has 5 nitrogen and oxygen atoms in total. The normalized spacial score (nSPS) is 25.2. The van der Waals surface area contributed by atoms with Crippen molar-refractivity contribution in [3.8, 4) is 0 Å². The number of piperidine rings is 1. The topological polar surface area (TPSA) is 66.8 Å². The molecule has 0 radical (unpaired) electrons. The minimum Gasteiger partial charge on any atom is -0.481 e.